The second-order valence-electron chi connectivity index (χ2n) is 3.25. The largest absolute Gasteiger partial charge is 0.435 e. The van der Waals surface area contributed by atoms with Crippen LogP contribution in [0.15, 0.2) is 24.3 Å². The van der Waals surface area contributed by atoms with Gasteiger partial charge in [0.05, 0.1) is 6.10 Å². The van der Waals surface area contributed by atoms with Gasteiger partial charge >= 0.3 is 6.61 Å². The molecule has 0 spiro atoms. The van der Waals surface area contributed by atoms with Crippen molar-refractivity contribution < 1.29 is 18.6 Å². The summed E-state index contributed by atoms with van der Waals surface area (Å²) in [5.74, 6) is 0.109. The van der Waals surface area contributed by atoms with Crippen molar-refractivity contribution in [1.82, 2.24) is 0 Å². The van der Waals surface area contributed by atoms with Crippen LogP contribution in [0.3, 0.4) is 0 Å². The molecular weight excluding hydrogens is 202 g/mol. The third kappa shape index (κ3) is 3.83. The second-order valence-corrected chi connectivity index (χ2v) is 3.25. The Morgan fingerprint density at radius 1 is 1.27 bits per heavy atom. The van der Waals surface area contributed by atoms with E-state index in [9.17, 15) is 13.9 Å². The first-order valence-electron chi connectivity index (χ1n) is 4.86. The lowest BCUT2D eigenvalue weighted by molar-refractivity contribution is -0.0498. The topological polar surface area (TPSA) is 29.5 Å². The minimum atomic E-state index is -2.81. The van der Waals surface area contributed by atoms with Crippen LogP contribution in [0.25, 0.3) is 0 Å². The molecule has 0 aliphatic heterocycles. The third-order valence-electron chi connectivity index (χ3n) is 2.05. The Morgan fingerprint density at radius 3 is 2.33 bits per heavy atom. The van der Waals surface area contributed by atoms with Crippen LogP contribution >= 0.6 is 0 Å². The van der Waals surface area contributed by atoms with Gasteiger partial charge in [-0.05, 0) is 24.1 Å². The molecule has 0 heterocycles. The number of rotatable bonds is 5. The van der Waals surface area contributed by atoms with Gasteiger partial charge in [-0.1, -0.05) is 25.5 Å². The molecule has 84 valence electrons. The molecular formula is C11H14F2O2. The quantitative estimate of drug-likeness (QED) is 0.819. The van der Waals surface area contributed by atoms with Gasteiger partial charge in [0, 0.05) is 0 Å². The maximum atomic E-state index is 11.8. The average molecular weight is 216 g/mol. The smallest absolute Gasteiger partial charge is 0.387 e. The summed E-state index contributed by atoms with van der Waals surface area (Å²) in [5.41, 5.74) is 0.721. The first-order valence-corrected chi connectivity index (χ1v) is 4.86. The van der Waals surface area contributed by atoms with E-state index in [0.29, 0.717) is 6.42 Å². The molecule has 15 heavy (non-hydrogen) atoms. The van der Waals surface area contributed by atoms with Crippen molar-refractivity contribution in [2.24, 2.45) is 0 Å². The van der Waals surface area contributed by atoms with E-state index in [1.165, 1.54) is 12.1 Å². The lowest BCUT2D eigenvalue weighted by Crippen LogP contribution is -2.02. The van der Waals surface area contributed by atoms with E-state index in [2.05, 4.69) is 4.74 Å². The molecule has 0 saturated carbocycles. The van der Waals surface area contributed by atoms with Gasteiger partial charge in [0.25, 0.3) is 0 Å². The molecule has 1 aromatic rings. The van der Waals surface area contributed by atoms with E-state index in [0.717, 1.165) is 12.0 Å². The van der Waals surface area contributed by atoms with Crippen molar-refractivity contribution in [3.8, 4) is 5.75 Å². The molecule has 1 atom stereocenters. The zero-order valence-electron chi connectivity index (χ0n) is 8.49. The number of ether oxygens (including phenoxy) is 1. The van der Waals surface area contributed by atoms with Crippen LogP contribution in [-0.2, 0) is 0 Å². The highest BCUT2D eigenvalue weighted by Gasteiger charge is 2.07. The lowest BCUT2D eigenvalue weighted by Gasteiger charge is -2.10. The lowest BCUT2D eigenvalue weighted by atomic mass is 10.1. The highest BCUT2D eigenvalue weighted by Crippen LogP contribution is 2.21. The van der Waals surface area contributed by atoms with E-state index in [-0.39, 0.29) is 5.75 Å². The Balaban J connectivity index is 2.63. The zero-order valence-corrected chi connectivity index (χ0v) is 8.49. The van der Waals surface area contributed by atoms with Crippen LogP contribution in [0.4, 0.5) is 8.78 Å². The predicted molar refractivity (Wildman–Crippen MR) is 52.9 cm³/mol. The monoisotopic (exact) mass is 216 g/mol. The number of halogens is 2. The second kappa shape index (κ2) is 5.66. The molecule has 0 amide bonds. The van der Waals surface area contributed by atoms with Crippen LogP contribution < -0.4 is 4.74 Å². The highest BCUT2D eigenvalue weighted by atomic mass is 19.3. The SMILES string of the molecule is CCCC(O)c1ccc(OC(F)F)cc1. The fourth-order valence-corrected chi connectivity index (χ4v) is 1.31. The first-order chi connectivity index (χ1) is 7.13. The van der Waals surface area contributed by atoms with E-state index in [1.54, 1.807) is 12.1 Å². The molecule has 1 N–H and O–H groups in total. The van der Waals surface area contributed by atoms with Crippen molar-refractivity contribution in [3.05, 3.63) is 29.8 Å². The Labute approximate surface area is 87.5 Å². The van der Waals surface area contributed by atoms with Crippen LogP contribution in [0.2, 0.25) is 0 Å². The van der Waals surface area contributed by atoms with Gasteiger partial charge in [-0.3, -0.25) is 0 Å². The van der Waals surface area contributed by atoms with Crippen molar-refractivity contribution in [2.45, 2.75) is 32.5 Å². The van der Waals surface area contributed by atoms with Crippen LogP contribution in [-0.4, -0.2) is 11.7 Å². The molecule has 0 aliphatic rings. The highest BCUT2D eigenvalue weighted by molar-refractivity contribution is 5.28. The fraction of sp³-hybridized carbons (Fsp3) is 0.455. The first kappa shape index (κ1) is 11.9. The van der Waals surface area contributed by atoms with Crippen molar-refractivity contribution in [2.75, 3.05) is 0 Å². The van der Waals surface area contributed by atoms with Gasteiger partial charge < -0.3 is 9.84 Å². The standard InChI is InChI=1S/C11H14F2O2/c1-2-3-10(14)8-4-6-9(7-5-8)15-11(12)13/h4-7,10-11,14H,2-3H2,1H3. The maximum Gasteiger partial charge on any atom is 0.387 e. The molecule has 1 rings (SSSR count). The molecule has 0 fully saturated rings. The minimum absolute atomic E-state index is 0.109. The van der Waals surface area contributed by atoms with Gasteiger partial charge in [-0.15, -0.1) is 0 Å². The molecule has 0 aromatic heterocycles. The Bertz CT molecular complexity index is 285. The third-order valence-corrected chi connectivity index (χ3v) is 2.05. The van der Waals surface area contributed by atoms with Crippen molar-refractivity contribution in [1.29, 1.82) is 0 Å². The number of aliphatic hydroxyl groups is 1. The van der Waals surface area contributed by atoms with E-state index in [4.69, 9.17) is 0 Å². The van der Waals surface area contributed by atoms with Gasteiger partial charge in [-0.2, -0.15) is 8.78 Å². The minimum Gasteiger partial charge on any atom is -0.435 e. The molecule has 4 heteroatoms. The van der Waals surface area contributed by atoms with Gasteiger partial charge in [-0.25, -0.2) is 0 Å². The summed E-state index contributed by atoms with van der Waals surface area (Å²) >= 11 is 0. The van der Waals surface area contributed by atoms with Crippen LogP contribution in [0.1, 0.15) is 31.4 Å². The number of alkyl halides is 2. The Hall–Kier alpha value is -1.16. The summed E-state index contributed by atoms with van der Waals surface area (Å²) in [6.45, 7) is -0.839. The Kier molecular flexibility index (Phi) is 4.49. The summed E-state index contributed by atoms with van der Waals surface area (Å²) in [5, 5.41) is 9.60. The van der Waals surface area contributed by atoms with Gasteiger partial charge in [0.1, 0.15) is 5.75 Å². The maximum absolute atomic E-state index is 11.8. The number of benzene rings is 1. The molecule has 2 nitrogen and oxygen atoms in total. The van der Waals surface area contributed by atoms with Crippen LogP contribution in [0, 0.1) is 0 Å². The van der Waals surface area contributed by atoms with Crippen molar-refractivity contribution in [3.63, 3.8) is 0 Å². The summed E-state index contributed by atoms with van der Waals surface area (Å²) < 4.78 is 27.9. The summed E-state index contributed by atoms with van der Waals surface area (Å²) in [6, 6.07) is 6.05. The summed E-state index contributed by atoms with van der Waals surface area (Å²) in [4.78, 5) is 0. The predicted octanol–water partition coefficient (Wildman–Crippen LogP) is 3.12. The zero-order chi connectivity index (χ0) is 11.3. The normalized spacial score (nSPS) is 12.9. The number of hydrogen-bond acceptors (Lipinski definition) is 2. The molecule has 0 aliphatic carbocycles. The fourth-order valence-electron chi connectivity index (χ4n) is 1.31. The molecule has 1 aromatic carbocycles. The molecule has 0 saturated heterocycles. The molecule has 1 unspecified atom stereocenters. The molecule has 0 radical (unpaired) electrons. The van der Waals surface area contributed by atoms with Crippen molar-refractivity contribution >= 4 is 0 Å². The number of aliphatic hydroxyl groups excluding tert-OH is 1. The van der Waals surface area contributed by atoms with E-state index >= 15 is 0 Å². The van der Waals surface area contributed by atoms with E-state index in [1.807, 2.05) is 6.92 Å². The molecule has 0 bridgehead atoms. The van der Waals surface area contributed by atoms with Gasteiger partial charge in [0.15, 0.2) is 0 Å². The summed E-state index contributed by atoms with van der Waals surface area (Å²) in [6.07, 6.45) is 1.00. The van der Waals surface area contributed by atoms with Gasteiger partial charge in [0.2, 0.25) is 0 Å². The average Bonchev–Trinajstić information content (AvgIpc) is 2.18. The number of hydrogen-bond donors (Lipinski definition) is 1. The summed E-state index contributed by atoms with van der Waals surface area (Å²) in [7, 11) is 0. The van der Waals surface area contributed by atoms with E-state index < -0.39 is 12.7 Å². The van der Waals surface area contributed by atoms with Crippen LogP contribution in [0.5, 0.6) is 5.75 Å². The Morgan fingerprint density at radius 2 is 1.87 bits per heavy atom.